The topological polar surface area (TPSA) is 90.8 Å². The van der Waals surface area contributed by atoms with Crippen LogP contribution in [0.25, 0.3) is 0 Å². The van der Waals surface area contributed by atoms with Crippen molar-refractivity contribution in [1.29, 1.82) is 0 Å². The van der Waals surface area contributed by atoms with E-state index in [0.717, 1.165) is 0 Å². The summed E-state index contributed by atoms with van der Waals surface area (Å²) >= 11 is 0. The Labute approximate surface area is 130 Å². The highest BCUT2D eigenvalue weighted by molar-refractivity contribution is 5.73. The van der Waals surface area contributed by atoms with Crippen molar-refractivity contribution in [3.8, 4) is 0 Å². The van der Waals surface area contributed by atoms with Gasteiger partial charge in [0.05, 0.1) is 4.92 Å². The number of benzene rings is 1. The van der Waals surface area contributed by atoms with E-state index in [1.165, 1.54) is 0 Å². The van der Waals surface area contributed by atoms with Crippen LogP contribution < -0.4 is 5.73 Å². The third kappa shape index (κ3) is 3.08. The summed E-state index contributed by atoms with van der Waals surface area (Å²) in [5.41, 5.74) is 0.157. The van der Waals surface area contributed by atoms with Gasteiger partial charge < -0.3 is 10.5 Å². The molecule has 0 amide bonds. The van der Waals surface area contributed by atoms with Crippen LogP contribution >= 0.6 is 0 Å². The van der Waals surface area contributed by atoms with Crippen LogP contribution in [0.1, 0.15) is 12.0 Å². The summed E-state index contributed by atoms with van der Waals surface area (Å²) in [5.74, 6) is -1.37. The highest BCUT2D eigenvalue weighted by Crippen LogP contribution is 2.45. The average molecular weight is 357 g/mol. The summed E-state index contributed by atoms with van der Waals surface area (Å²) < 4.78 is 84.0. The number of nitrogens with two attached hydrogens (primary N) is 1. The molecule has 6 nitrogen and oxygen atoms in total. The van der Waals surface area contributed by atoms with Crippen molar-refractivity contribution in [2.24, 2.45) is 10.7 Å². The van der Waals surface area contributed by atoms with Crippen molar-refractivity contribution < 1.29 is 36.0 Å². The molecule has 12 heteroatoms. The number of ether oxygens (including phenoxy) is 1. The number of nitro benzene ring substituents is 1. The van der Waals surface area contributed by atoms with E-state index in [4.69, 9.17) is 5.73 Å². The van der Waals surface area contributed by atoms with Crippen molar-refractivity contribution in [3.63, 3.8) is 0 Å². The van der Waals surface area contributed by atoms with Crippen LogP contribution in [0.15, 0.2) is 23.2 Å². The number of nitrogens with zero attached hydrogens (tertiary/aromatic N) is 2. The Morgan fingerprint density at radius 3 is 2.54 bits per heavy atom. The molecule has 0 unspecified atom stereocenters. The predicted molar refractivity (Wildman–Crippen MR) is 67.9 cm³/mol. The molecule has 1 aliphatic rings. The molecule has 0 fully saturated rings. The van der Waals surface area contributed by atoms with Gasteiger partial charge in [-0.2, -0.15) is 13.2 Å². The van der Waals surface area contributed by atoms with Crippen LogP contribution in [0, 0.1) is 15.9 Å². The zero-order chi connectivity index (χ0) is 18.3. The van der Waals surface area contributed by atoms with Crippen LogP contribution in [0.2, 0.25) is 0 Å². The number of alkyl halides is 5. The summed E-state index contributed by atoms with van der Waals surface area (Å²) in [7, 11) is 0. The molecule has 0 saturated carbocycles. The maximum Gasteiger partial charge on any atom is 0.425 e. The van der Waals surface area contributed by atoms with Crippen LogP contribution in [0.5, 0.6) is 0 Å². The van der Waals surface area contributed by atoms with Gasteiger partial charge in [0, 0.05) is 24.1 Å². The number of aliphatic imine (C=N–C) groups is 1. The molecule has 1 heterocycles. The number of hydrogen-bond acceptors (Lipinski definition) is 5. The number of halogens is 6. The molecule has 1 aromatic carbocycles. The Hall–Kier alpha value is -2.53. The third-order valence-electron chi connectivity index (χ3n) is 3.42. The van der Waals surface area contributed by atoms with E-state index in [1.807, 2.05) is 0 Å². The molecule has 1 aromatic rings. The average Bonchev–Trinajstić information content (AvgIpc) is 2.45. The second kappa shape index (κ2) is 5.83. The highest BCUT2D eigenvalue weighted by atomic mass is 19.4. The minimum Gasteiger partial charge on any atom is -0.452 e. The summed E-state index contributed by atoms with van der Waals surface area (Å²) in [5, 5.41) is 10.7. The lowest BCUT2D eigenvalue weighted by Gasteiger charge is -2.37. The molecule has 2 atom stereocenters. The molecule has 2 N–H and O–H groups in total. The summed E-state index contributed by atoms with van der Waals surface area (Å²) in [6.07, 6.45) is -12.9. The van der Waals surface area contributed by atoms with E-state index in [-0.39, 0.29) is 0 Å². The minimum absolute atomic E-state index is 0.414. The second-order valence-corrected chi connectivity index (χ2v) is 4.95. The van der Waals surface area contributed by atoms with Gasteiger partial charge in [-0.05, 0) is 6.07 Å². The van der Waals surface area contributed by atoms with Crippen LogP contribution in [-0.2, 0) is 10.3 Å². The molecule has 0 aliphatic carbocycles. The van der Waals surface area contributed by atoms with Crippen molar-refractivity contribution in [3.05, 3.63) is 39.7 Å². The van der Waals surface area contributed by atoms with E-state index >= 15 is 0 Å². The first kappa shape index (κ1) is 17.8. The fraction of sp³-hybridized carbons (Fsp3) is 0.417. The van der Waals surface area contributed by atoms with Gasteiger partial charge in [0.25, 0.3) is 18.1 Å². The van der Waals surface area contributed by atoms with Crippen molar-refractivity contribution in [2.45, 2.75) is 30.7 Å². The molecule has 0 aromatic heterocycles. The number of nitro groups is 1. The van der Waals surface area contributed by atoms with Gasteiger partial charge >= 0.3 is 6.18 Å². The molecule has 2 rings (SSSR count). The lowest BCUT2D eigenvalue weighted by atomic mass is 9.83. The lowest BCUT2D eigenvalue weighted by molar-refractivity contribution is -0.385. The molecule has 0 bridgehead atoms. The first-order valence-electron chi connectivity index (χ1n) is 6.28. The van der Waals surface area contributed by atoms with Gasteiger partial charge in [0.15, 0.2) is 11.6 Å². The molecule has 24 heavy (non-hydrogen) atoms. The van der Waals surface area contributed by atoms with Crippen LogP contribution in [0.4, 0.5) is 32.0 Å². The van der Waals surface area contributed by atoms with Crippen LogP contribution in [0.3, 0.4) is 0 Å². The standard InChI is InChI=1S/C12H9F6N3O3/c13-7-2-1-5(21(22)23)3-6(7)11(9(14)15)4-8(12(16,17)18)24-10(19)20-11/h1-3,8-9H,4H2,(H2,19,20)/t8-,11+/m1/s1. The maximum atomic E-state index is 14.0. The van der Waals surface area contributed by atoms with Gasteiger partial charge in [-0.25, -0.2) is 18.2 Å². The smallest absolute Gasteiger partial charge is 0.425 e. The Bertz CT molecular complexity index is 693. The molecular formula is C12H9F6N3O3. The van der Waals surface area contributed by atoms with Gasteiger partial charge in [-0.1, -0.05) is 0 Å². The molecule has 1 aliphatic heterocycles. The molecule has 0 spiro atoms. The van der Waals surface area contributed by atoms with Crippen molar-refractivity contribution >= 4 is 11.7 Å². The van der Waals surface area contributed by atoms with Crippen molar-refractivity contribution in [2.75, 3.05) is 0 Å². The van der Waals surface area contributed by atoms with E-state index in [1.54, 1.807) is 0 Å². The van der Waals surface area contributed by atoms with E-state index in [2.05, 4.69) is 9.73 Å². The van der Waals surface area contributed by atoms with Gasteiger partial charge in [-0.3, -0.25) is 10.1 Å². The zero-order valence-corrected chi connectivity index (χ0v) is 11.6. The largest absolute Gasteiger partial charge is 0.452 e. The lowest BCUT2D eigenvalue weighted by Crippen LogP contribution is -2.50. The maximum absolute atomic E-state index is 14.0. The zero-order valence-electron chi connectivity index (χ0n) is 11.6. The third-order valence-corrected chi connectivity index (χ3v) is 3.42. The highest BCUT2D eigenvalue weighted by Gasteiger charge is 2.56. The summed E-state index contributed by atoms with van der Waals surface area (Å²) in [6, 6.07) is 0.388. The van der Waals surface area contributed by atoms with E-state index in [0.29, 0.717) is 18.2 Å². The first-order valence-corrected chi connectivity index (χ1v) is 6.28. The monoisotopic (exact) mass is 357 g/mol. The van der Waals surface area contributed by atoms with E-state index in [9.17, 15) is 36.5 Å². The Morgan fingerprint density at radius 2 is 2.04 bits per heavy atom. The van der Waals surface area contributed by atoms with Gasteiger partial charge in [0.2, 0.25) is 0 Å². The van der Waals surface area contributed by atoms with Crippen LogP contribution in [-0.4, -0.2) is 29.7 Å². The molecular weight excluding hydrogens is 348 g/mol. The fourth-order valence-electron chi connectivity index (χ4n) is 2.31. The first-order chi connectivity index (χ1) is 11.0. The van der Waals surface area contributed by atoms with Gasteiger partial charge in [0.1, 0.15) is 5.82 Å². The van der Waals surface area contributed by atoms with Crippen molar-refractivity contribution in [1.82, 2.24) is 0 Å². The SMILES string of the molecule is NC1=N[C@@](c2cc([N+](=O)[O-])ccc2F)(C(F)F)C[C@H](C(F)(F)F)O1. The van der Waals surface area contributed by atoms with E-state index < -0.39 is 58.7 Å². The Morgan fingerprint density at radius 1 is 1.42 bits per heavy atom. The quantitative estimate of drug-likeness (QED) is 0.512. The normalized spacial score (nSPS) is 24.5. The summed E-state index contributed by atoms with van der Waals surface area (Å²) in [4.78, 5) is 12.9. The molecule has 132 valence electrons. The second-order valence-electron chi connectivity index (χ2n) is 4.95. The number of rotatable bonds is 3. The predicted octanol–water partition coefficient (Wildman–Crippen LogP) is 2.86. The van der Waals surface area contributed by atoms with Gasteiger partial charge in [-0.15, -0.1) is 0 Å². The number of amidine groups is 1. The molecule has 0 radical (unpaired) electrons. The Balaban J connectivity index is 2.66. The number of hydrogen-bond donors (Lipinski definition) is 1. The fourth-order valence-corrected chi connectivity index (χ4v) is 2.31. The molecule has 0 saturated heterocycles. The minimum atomic E-state index is -5.07. The summed E-state index contributed by atoms with van der Waals surface area (Å²) in [6.45, 7) is 0. The number of non-ortho nitro benzene ring substituents is 1. The Kier molecular flexibility index (Phi) is 4.33.